The van der Waals surface area contributed by atoms with E-state index in [4.69, 9.17) is 4.74 Å². The first kappa shape index (κ1) is 16.8. The van der Waals surface area contributed by atoms with Gasteiger partial charge in [-0.05, 0) is 18.6 Å². The standard InChI is InChI=1S/C16H20N2O5S/c1-17(12-7-9-24(21,22)11-12)16(20)10-18-13-4-2-3-5-14(13)23-8-6-15(18)19/h2-5,12H,6-11H2,1H3. The van der Waals surface area contributed by atoms with Crippen LogP contribution in [0.3, 0.4) is 0 Å². The molecule has 2 amide bonds. The smallest absolute Gasteiger partial charge is 0.242 e. The highest BCUT2D eigenvalue weighted by Crippen LogP contribution is 2.31. The number of ether oxygens (including phenoxy) is 1. The molecule has 1 saturated heterocycles. The largest absolute Gasteiger partial charge is 0.491 e. The molecule has 1 aromatic carbocycles. The molecule has 0 aromatic heterocycles. The maximum absolute atomic E-state index is 12.6. The van der Waals surface area contributed by atoms with Gasteiger partial charge in [0.05, 0.1) is 30.2 Å². The van der Waals surface area contributed by atoms with Crippen LogP contribution >= 0.6 is 0 Å². The molecule has 2 heterocycles. The van der Waals surface area contributed by atoms with Gasteiger partial charge in [-0.25, -0.2) is 8.42 Å². The first-order valence-electron chi connectivity index (χ1n) is 7.86. The maximum Gasteiger partial charge on any atom is 0.242 e. The lowest BCUT2D eigenvalue weighted by atomic mass is 10.2. The molecule has 2 aliphatic heterocycles. The molecule has 24 heavy (non-hydrogen) atoms. The zero-order valence-corrected chi connectivity index (χ0v) is 14.3. The van der Waals surface area contributed by atoms with Gasteiger partial charge in [-0.15, -0.1) is 0 Å². The number of anilines is 1. The van der Waals surface area contributed by atoms with Gasteiger partial charge in [-0.3, -0.25) is 14.5 Å². The van der Waals surface area contributed by atoms with Gasteiger partial charge in [-0.1, -0.05) is 12.1 Å². The topological polar surface area (TPSA) is 84.0 Å². The number of likely N-dealkylation sites (N-methyl/N-ethyl adjacent to an activating group) is 1. The predicted octanol–water partition coefficient (Wildman–Crippen LogP) is 0.448. The van der Waals surface area contributed by atoms with E-state index in [-0.39, 0.29) is 48.9 Å². The van der Waals surface area contributed by atoms with Crippen molar-refractivity contribution in [2.24, 2.45) is 0 Å². The number of nitrogens with zero attached hydrogens (tertiary/aromatic N) is 2. The monoisotopic (exact) mass is 352 g/mol. The second kappa shape index (κ2) is 6.43. The van der Waals surface area contributed by atoms with Crippen molar-refractivity contribution in [1.29, 1.82) is 0 Å². The minimum atomic E-state index is -3.07. The second-order valence-electron chi connectivity index (χ2n) is 6.11. The van der Waals surface area contributed by atoms with Gasteiger partial charge in [0.2, 0.25) is 11.8 Å². The molecule has 1 unspecified atom stereocenters. The number of rotatable bonds is 3. The summed E-state index contributed by atoms with van der Waals surface area (Å²) >= 11 is 0. The van der Waals surface area contributed by atoms with E-state index in [1.54, 1.807) is 25.2 Å². The number of fused-ring (bicyclic) bond motifs is 1. The number of sulfone groups is 1. The van der Waals surface area contributed by atoms with Crippen molar-refractivity contribution < 1.29 is 22.7 Å². The number of amides is 2. The van der Waals surface area contributed by atoms with Crippen molar-refractivity contribution in [3.05, 3.63) is 24.3 Å². The molecule has 7 nitrogen and oxygen atoms in total. The molecule has 0 spiro atoms. The molecule has 130 valence electrons. The maximum atomic E-state index is 12.6. The average molecular weight is 352 g/mol. The van der Waals surface area contributed by atoms with Crippen LogP contribution < -0.4 is 9.64 Å². The van der Waals surface area contributed by atoms with Crippen LogP contribution in [0.5, 0.6) is 5.75 Å². The molecule has 0 bridgehead atoms. The van der Waals surface area contributed by atoms with Gasteiger partial charge in [0.1, 0.15) is 12.3 Å². The van der Waals surface area contributed by atoms with E-state index in [0.29, 0.717) is 17.9 Å². The number of para-hydroxylation sites is 2. The van der Waals surface area contributed by atoms with Crippen molar-refractivity contribution in [3.63, 3.8) is 0 Å². The third kappa shape index (κ3) is 3.38. The molecule has 1 aromatic rings. The molecular formula is C16H20N2O5S. The van der Waals surface area contributed by atoms with Crippen molar-refractivity contribution in [2.75, 3.05) is 36.6 Å². The Morgan fingerprint density at radius 2 is 2.12 bits per heavy atom. The summed E-state index contributed by atoms with van der Waals surface area (Å²) in [6, 6.07) is 6.77. The Labute approximate surface area is 141 Å². The molecule has 8 heteroatoms. The van der Waals surface area contributed by atoms with Crippen molar-refractivity contribution in [2.45, 2.75) is 18.9 Å². The first-order chi connectivity index (χ1) is 11.4. The fourth-order valence-corrected chi connectivity index (χ4v) is 4.80. The van der Waals surface area contributed by atoms with Crippen LogP contribution in [-0.4, -0.2) is 62.9 Å². The number of carbonyl (C=O) groups is 2. The SMILES string of the molecule is CN(C(=O)CN1C(=O)CCOc2ccccc21)C1CCS(=O)(=O)C1. The quantitative estimate of drug-likeness (QED) is 0.788. The molecule has 3 rings (SSSR count). The third-order valence-corrected chi connectivity index (χ3v) is 6.22. The zero-order chi connectivity index (χ0) is 17.3. The van der Waals surface area contributed by atoms with Crippen LogP contribution in [0.1, 0.15) is 12.8 Å². The van der Waals surface area contributed by atoms with Gasteiger partial charge in [0, 0.05) is 13.1 Å². The van der Waals surface area contributed by atoms with E-state index in [1.165, 1.54) is 9.80 Å². The van der Waals surface area contributed by atoms with Gasteiger partial charge in [0.15, 0.2) is 9.84 Å². The molecule has 0 saturated carbocycles. The summed E-state index contributed by atoms with van der Waals surface area (Å²) in [4.78, 5) is 27.8. The number of hydrogen-bond acceptors (Lipinski definition) is 5. The van der Waals surface area contributed by atoms with Gasteiger partial charge in [0.25, 0.3) is 0 Å². The number of benzene rings is 1. The summed E-state index contributed by atoms with van der Waals surface area (Å²) in [5, 5.41) is 0. The molecule has 0 N–H and O–H groups in total. The van der Waals surface area contributed by atoms with E-state index in [9.17, 15) is 18.0 Å². The lowest BCUT2D eigenvalue weighted by molar-refractivity contribution is -0.131. The lowest BCUT2D eigenvalue weighted by Gasteiger charge is -2.27. The van der Waals surface area contributed by atoms with Crippen LogP contribution in [0.4, 0.5) is 5.69 Å². The van der Waals surface area contributed by atoms with E-state index in [1.807, 2.05) is 6.07 Å². The summed E-state index contributed by atoms with van der Waals surface area (Å²) in [7, 11) is -1.47. The molecule has 2 aliphatic rings. The van der Waals surface area contributed by atoms with Crippen LogP contribution in [0, 0.1) is 0 Å². The zero-order valence-electron chi connectivity index (χ0n) is 13.5. The van der Waals surface area contributed by atoms with Crippen LogP contribution in [0.15, 0.2) is 24.3 Å². The summed E-state index contributed by atoms with van der Waals surface area (Å²) in [6.45, 7) is 0.156. The fraction of sp³-hybridized carbons (Fsp3) is 0.500. The summed E-state index contributed by atoms with van der Waals surface area (Å²) in [5.41, 5.74) is 0.570. The third-order valence-electron chi connectivity index (χ3n) is 4.47. The average Bonchev–Trinajstić information content (AvgIpc) is 2.84. The minimum Gasteiger partial charge on any atom is -0.491 e. The summed E-state index contributed by atoms with van der Waals surface area (Å²) in [5.74, 6) is 0.211. The Balaban J connectivity index is 1.77. The minimum absolute atomic E-state index is 0.0110. The normalized spacial score (nSPS) is 22.5. The van der Waals surface area contributed by atoms with E-state index in [0.717, 1.165) is 0 Å². The summed E-state index contributed by atoms with van der Waals surface area (Å²) in [6.07, 6.45) is 0.641. The van der Waals surface area contributed by atoms with Crippen LogP contribution in [-0.2, 0) is 19.4 Å². The highest BCUT2D eigenvalue weighted by molar-refractivity contribution is 7.91. The van der Waals surface area contributed by atoms with Crippen LogP contribution in [0.25, 0.3) is 0 Å². The van der Waals surface area contributed by atoms with Crippen molar-refractivity contribution in [3.8, 4) is 5.75 Å². The fourth-order valence-electron chi connectivity index (χ4n) is 3.02. The summed E-state index contributed by atoms with van der Waals surface area (Å²) < 4.78 is 28.8. The molecule has 0 radical (unpaired) electrons. The number of hydrogen-bond donors (Lipinski definition) is 0. The second-order valence-corrected chi connectivity index (χ2v) is 8.34. The Bertz CT molecular complexity index is 761. The Kier molecular flexibility index (Phi) is 4.49. The van der Waals surface area contributed by atoms with E-state index in [2.05, 4.69) is 0 Å². The first-order valence-corrected chi connectivity index (χ1v) is 9.68. The predicted molar refractivity (Wildman–Crippen MR) is 88.7 cm³/mol. The molecule has 0 aliphatic carbocycles. The molecule has 1 fully saturated rings. The van der Waals surface area contributed by atoms with Crippen molar-refractivity contribution in [1.82, 2.24) is 4.90 Å². The number of carbonyl (C=O) groups excluding carboxylic acids is 2. The van der Waals surface area contributed by atoms with E-state index >= 15 is 0 Å². The van der Waals surface area contributed by atoms with Crippen molar-refractivity contribution >= 4 is 27.3 Å². The van der Waals surface area contributed by atoms with Gasteiger partial charge < -0.3 is 9.64 Å². The van der Waals surface area contributed by atoms with Gasteiger partial charge in [-0.2, -0.15) is 0 Å². The Morgan fingerprint density at radius 1 is 1.38 bits per heavy atom. The highest BCUT2D eigenvalue weighted by atomic mass is 32.2. The Hall–Kier alpha value is -2.09. The molecular weight excluding hydrogens is 332 g/mol. The Morgan fingerprint density at radius 3 is 2.83 bits per heavy atom. The van der Waals surface area contributed by atoms with E-state index < -0.39 is 9.84 Å². The highest BCUT2D eigenvalue weighted by Gasteiger charge is 2.34. The molecule has 1 atom stereocenters. The van der Waals surface area contributed by atoms with Crippen LogP contribution in [0.2, 0.25) is 0 Å². The van der Waals surface area contributed by atoms with Gasteiger partial charge >= 0.3 is 0 Å². The lowest BCUT2D eigenvalue weighted by Crippen LogP contribution is -2.45.